The van der Waals surface area contributed by atoms with Crippen molar-refractivity contribution in [3.8, 4) is 23.0 Å². The molecule has 3 atom stereocenters. The lowest BCUT2D eigenvalue weighted by Gasteiger charge is -2.25. The maximum absolute atomic E-state index is 13.0. The Hall–Kier alpha value is -4.85. The number of fused-ring (bicyclic) bond motifs is 1. The molecule has 3 unspecified atom stereocenters. The molecule has 246 valence electrons. The number of esters is 3. The highest BCUT2D eigenvalue weighted by molar-refractivity contribution is 9.09. The monoisotopic (exact) mass is 702 g/mol. The molecule has 14 heteroatoms. The Morgan fingerprint density at radius 3 is 1.65 bits per heavy atom. The quantitative estimate of drug-likeness (QED) is 0.109. The van der Waals surface area contributed by atoms with Gasteiger partial charge in [0, 0.05) is 0 Å². The Labute approximate surface area is 274 Å². The summed E-state index contributed by atoms with van der Waals surface area (Å²) in [5.41, 5.74) is 2.77. The number of hydrogen-bond acceptors (Lipinski definition) is 13. The molecular weight excluding hydrogens is 668 g/mol. The van der Waals surface area contributed by atoms with E-state index in [9.17, 15) is 14.4 Å². The van der Waals surface area contributed by atoms with Crippen LogP contribution in [0.4, 0.5) is 0 Å². The molecule has 13 nitrogen and oxygen atoms in total. The fourth-order valence-electron chi connectivity index (χ4n) is 4.58. The number of carbonyl (C=O) groups excluding carboxylic acids is 3. The van der Waals surface area contributed by atoms with E-state index in [2.05, 4.69) is 31.0 Å². The number of methoxy groups -OCH3 is 6. The number of nitrogens with zero attached hydrogens (tertiary/aromatic N) is 2. The largest absolute Gasteiger partial charge is 0.493 e. The minimum Gasteiger partial charge on any atom is -0.493 e. The van der Waals surface area contributed by atoms with E-state index in [-0.39, 0.29) is 12.6 Å². The average Bonchev–Trinajstić information content (AvgIpc) is 3.57. The first-order chi connectivity index (χ1) is 22.2. The lowest BCUT2D eigenvalue weighted by molar-refractivity contribution is -0.152. The van der Waals surface area contributed by atoms with Gasteiger partial charge in [0.1, 0.15) is 15.9 Å². The summed E-state index contributed by atoms with van der Waals surface area (Å²) in [6.45, 7) is 1.85. The third-order valence-electron chi connectivity index (χ3n) is 6.84. The van der Waals surface area contributed by atoms with Gasteiger partial charge < -0.3 is 33.2 Å². The van der Waals surface area contributed by atoms with Crippen molar-refractivity contribution in [1.82, 2.24) is 10.3 Å². The zero-order valence-electron chi connectivity index (χ0n) is 26.4. The summed E-state index contributed by atoms with van der Waals surface area (Å²) in [4.78, 5) is 36.7. The molecule has 0 bridgehead atoms. The van der Waals surface area contributed by atoms with Crippen LogP contribution in [0.3, 0.4) is 0 Å². The van der Waals surface area contributed by atoms with Crippen molar-refractivity contribution in [2.45, 2.75) is 23.6 Å². The van der Waals surface area contributed by atoms with Crippen molar-refractivity contribution in [3.05, 3.63) is 71.3 Å². The maximum Gasteiger partial charge on any atom is 0.324 e. The van der Waals surface area contributed by atoms with Gasteiger partial charge in [-0.05, 0) is 70.3 Å². The number of ether oxygens (including phenoxy) is 7. The van der Waals surface area contributed by atoms with E-state index in [4.69, 9.17) is 33.1 Å². The van der Waals surface area contributed by atoms with E-state index < -0.39 is 28.6 Å². The Morgan fingerprint density at radius 1 is 0.630 bits per heavy atom. The molecule has 0 aliphatic heterocycles. The predicted octanol–water partition coefficient (Wildman–Crippen LogP) is 5.16. The zero-order chi connectivity index (χ0) is 33.8. The molecule has 4 rings (SSSR count). The van der Waals surface area contributed by atoms with Crippen molar-refractivity contribution in [3.63, 3.8) is 0 Å². The molecule has 0 fully saturated rings. The lowest BCUT2D eigenvalue weighted by Crippen LogP contribution is -2.29. The number of aromatic nitrogens is 2. The smallest absolute Gasteiger partial charge is 0.324 e. The first-order valence-electron chi connectivity index (χ1n) is 13.8. The van der Waals surface area contributed by atoms with Gasteiger partial charge in [0.05, 0.1) is 61.1 Å². The molecule has 0 aliphatic rings. The van der Waals surface area contributed by atoms with Gasteiger partial charge in [-0.1, -0.05) is 34.1 Å². The van der Waals surface area contributed by atoms with Gasteiger partial charge in [-0.2, -0.15) is 0 Å². The van der Waals surface area contributed by atoms with Gasteiger partial charge in [-0.25, -0.2) is 4.63 Å². The Balaban J connectivity index is 0.000000304. The summed E-state index contributed by atoms with van der Waals surface area (Å²) in [6, 6.07) is 15.2. The molecule has 0 aliphatic carbocycles. The standard InChI is InChI=1S/C21H22N2O7.C11H13BrO4/c1-5-29-21(25)19(12-6-8-14-15(10-12)23-30-22-14)18(20(24)28-4)13-7-9-16(26-2)17(11-13)27-3;1-14-8-5-4-7(6-9(8)15-2)10(12)11(13)16-3/h6-11,18-19H,5H2,1-4H3;4-6,10H,1-3H3. The van der Waals surface area contributed by atoms with Gasteiger partial charge in [-0.3, -0.25) is 14.4 Å². The first kappa shape index (κ1) is 35.6. The van der Waals surface area contributed by atoms with Crippen molar-refractivity contribution in [1.29, 1.82) is 0 Å². The van der Waals surface area contributed by atoms with Crippen LogP contribution in [0.1, 0.15) is 40.3 Å². The van der Waals surface area contributed by atoms with Gasteiger partial charge in [0.2, 0.25) is 0 Å². The Morgan fingerprint density at radius 2 is 1.11 bits per heavy atom. The van der Waals surface area contributed by atoms with E-state index in [0.29, 0.717) is 45.2 Å². The second-order valence-electron chi connectivity index (χ2n) is 9.36. The molecule has 0 amide bonds. The van der Waals surface area contributed by atoms with Crippen LogP contribution in [0, 0.1) is 0 Å². The Bertz CT molecular complexity index is 1640. The summed E-state index contributed by atoms with van der Waals surface area (Å²) in [5, 5.41) is 7.60. The molecule has 0 saturated carbocycles. The molecule has 3 aromatic carbocycles. The summed E-state index contributed by atoms with van der Waals surface area (Å²) < 4.78 is 40.6. The van der Waals surface area contributed by atoms with E-state index in [1.807, 2.05) is 0 Å². The van der Waals surface area contributed by atoms with Crippen LogP contribution >= 0.6 is 15.9 Å². The minimum atomic E-state index is -0.994. The molecule has 0 radical (unpaired) electrons. The van der Waals surface area contributed by atoms with Crippen molar-refractivity contribution >= 4 is 44.9 Å². The van der Waals surface area contributed by atoms with E-state index in [1.165, 1.54) is 28.4 Å². The van der Waals surface area contributed by atoms with Crippen LogP contribution in [-0.4, -0.2) is 77.5 Å². The van der Waals surface area contributed by atoms with Gasteiger partial charge in [0.25, 0.3) is 0 Å². The number of hydrogen-bond donors (Lipinski definition) is 0. The maximum atomic E-state index is 13.0. The van der Waals surface area contributed by atoms with Gasteiger partial charge >= 0.3 is 17.9 Å². The summed E-state index contributed by atoms with van der Waals surface area (Å²) in [5.74, 6) is -1.40. The number of carbonyl (C=O) groups is 3. The molecule has 46 heavy (non-hydrogen) atoms. The third-order valence-corrected chi connectivity index (χ3v) is 7.74. The lowest BCUT2D eigenvalue weighted by atomic mass is 9.81. The topological polar surface area (TPSA) is 155 Å². The van der Waals surface area contributed by atoms with Crippen LogP contribution in [0.25, 0.3) is 11.0 Å². The van der Waals surface area contributed by atoms with Crippen LogP contribution < -0.4 is 18.9 Å². The highest BCUT2D eigenvalue weighted by Crippen LogP contribution is 2.40. The zero-order valence-corrected chi connectivity index (χ0v) is 28.0. The Kier molecular flexibility index (Phi) is 13.2. The highest BCUT2D eigenvalue weighted by atomic mass is 79.9. The number of rotatable bonds is 12. The second kappa shape index (κ2) is 17.0. The number of halogens is 1. The summed E-state index contributed by atoms with van der Waals surface area (Å²) in [6.07, 6.45) is 0. The van der Waals surface area contributed by atoms with Crippen LogP contribution in [0.15, 0.2) is 59.2 Å². The minimum absolute atomic E-state index is 0.156. The van der Waals surface area contributed by atoms with E-state index >= 15 is 0 Å². The van der Waals surface area contributed by atoms with E-state index in [1.54, 1.807) is 75.7 Å². The number of benzene rings is 3. The van der Waals surface area contributed by atoms with Gasteiger partial charge in [0.15, 0.2) is 23.0 Å². The molecule has 4 aromatic rings. The fraction of sp³-hybridized carbons (Fsp3) is 0.344. The molecule has 0 saturated heterocycles. The second-order valence-corrected chi connectivity index (χ2v) is 10.3. The van der Waals surface area contributed by atoms with E-state index in [0.717, 1.165) is 5.56 Å². The normalized spacial score (nSPS) is 12.4. The number of alkyl halides is 1. The van der Waals surface area contributed by atoms with Crippen LogP contribution in [0.2, 0.25) is 0 Å². The SMILES string of the molecule is CCOC(=O)C(c1ccc2nonc2c1)C(C(=O)OC)c1ccc(OC)c(OC)c1.COC(=O)C(Br)c1ccc(OC)c(OC)c1. The fourth-order valence-corrected chi connectivity index (χ4v) is 5.05. The molecule has 0 N–H and O–H groups in total. The first-order valence-corrected chi connectivity index (χ1v) is 14.7. The highest BCUT2D eigenvalue weighted by Gasteiger charge is 2.39. The van der Waals surface area contributed by atoms with Crippen molar-refractivity contribution in [2.24, 2.45) is 0 Å². The molecular formula is C32H35BrN2O11. The molecule has 1 aromatic heterocycles. The predicted molar refractivity (Wildman–Crippen MR) is 169 cm³/mol. The van der Waals surface area contributed by atoms with Crippen LogP contribution in [-0.2, 0) is 28.6 Å². The average molecular weight is 704 g/mol. The summed E-state index contributed by atoms with van der Waals surface area (Å²) >= 11 is 3.25. The molecule has 1 heterocycles. The third kappa shape index (κ3) is 8.24. The van der Waals surface area contributed by atoms with Crippen molar-refractivity contribution in [2.75, 3.05) is 49.3 Å². The summed E-state index contributed by atoms with van der Waals surface area (Å²) in [7, 11) is 8.72. The van der Waals surface area contributed by atoms with Crippen molar-refractivity contribution < 1.29 is 52.2 Å². The molecule has 0 spiro atoms. The van der Waals surface area contributed by atoms with Crippen LogP contribution in [0.5, 0.6) is 23.0 Å². The van der Waals surface area contributed by atoms with Gasteiger partial charge in [-0.15, -0.1) is 0 Å².